The smallest absolute Gasteiger partial charge is 0.103 e. The highest BCUT2D eigenvalue weighted by molar-refractivity contribution is 7.80. The Kier molecular flexibility index (Phi) is 4.72. The van der Waals surface area contributed by atoms with Crippen LogP contribution in [0.5, 0.6) is 0 Å². The zero-order valence-corrected chi connectivity index (χ0v) is 11.8. The third-order valence-corrected chi connectivity index (χ3v) is 3.89. The molecule has 98 valence electrons. The molecule has 1 aliphatic carbocycles. The van der Waals surface area contributed by atoms with E-state index in [1.807, 2.05) is 12.1 Å². The number of ether oxygens (including phenoxy) is 1. The number of aryl methyl sites for hydroxylation is 1. The monoisotopic (exact) mass is 263 g/mol. The van der Waals surface area contributed by atoms with Crippen molar-refractivity contribution in [1.82, 2.24) is 0 Å². The highest BCUT2D eigenvalue weighted by Crippen LogP contribution is 2.22. The van der Waals surface area contributed by atoms with Gasteiger partial charge in [-0.15, -0.1) is 0 Å². The Morgan fingerprint density at radius 1 is 1.33 bits per heavy atom. The lowest BCUT2D eigenvalue weighted by Crippen LogP contribution is -2.16. The fraction of sp³-hybridized carbons (Fsp3) is 0.533. The van der Waals surface area contributed by atoms with Gasteiger partial charge in [0.15, 0.2) is 0 Å². The number of thiocarbonyl (C=S) groups is 1. The average molecular weight is 263 g/mol. The molecule has 2 nitrogen and oxygen atoms in total. The first-order valence-electron chi connectivity index (χ1n) is 6.68. The normalized spacial score (nSPS) is 16.7. The molecule has 0 bridgehead atoms. The van der Waals surface area contributed by atoms with Crippen LogP contribution in [-0.4, -0.2) is 11.1 Å². The van der Waals surface area contributed by atoms with Crippen LogP contribution in [0.15, 0.2) is 18.2 Å². The van der Waals surface area contributed by atoms with Crippen molar-refractivity contribution < 1.29 is 4.74 Å². The van der Waals surface area contributed by atoms with Crippen molar-refractivity contribution in [3.8, 4) is 0 Å². The minimum Gasteiger partial charge on any atom is -0.389 e. The SMILES string of the molecule is Cc1cc(C(N)=S)ccc1COC1CCCCC1. The van der Waals surface area contributed by atoms with Crippen LogP contribution in [0.4, 0.5) is 0 Å². The Morgan fingerprint density at radius 2 is 2.06 bits per heavy atom. The zero-order valence-electron chi connectivity index (χ0n) is 10.9. The Hall–Kier alpha value is -0.930. The van der Waals surface area contributed by atoms with Crippen LogP contribution in [0.1, 0.15) is 48.8 Å². The molecular weight excluding hydrogens is 242 g/mol. The van der Waals surface area contributed by atoms with Crippen LogP contribution in [-0.2, 0) is 11.3 Å². The summed E-state index contributed by atoms with van der Waals surface area (Å²) in [5, 5.41) is 0. The van der Waals surface area contributed by atoms with E-state index in [9.17, 15) is 0 Å². The number of benzene rings is 1. The molecule has 0 heterocycles. The number of rotatable bonds is 4. The van der Waals surface area contributed by atoms with Gasteiger partial charge in [-0.25, -0.2) is 0 Å². The van der Waals surface area contributed by atoms with Crippen LogP contribution >= 0.6 is 12.2 Å². The van der Waals surface area contributed by atoms with E-state index in [0.717, 1.165) is 5.56 Å². The second-order valence-corrected chi connectivity index (χ2v) is 5.52. The predicted octanol–water partition coefficient (Wildman–Crippen LogP) is 3.48. The van der Waals surface area contributed by atoms with Crippen LogP contribution < -0.4 is 5.73 Å². The van der Waals surface area contributed by atoms with E-state index in [0.29, 0.717) is 17.7 Å². The summed E-state index contributed by atoms with van der Waals surface area (Å²) in [6.07, 6.45) is 6.86. The molecule has 18 heavy (non-hydrogen) atoms. The second kappa shape index (κ2) is 6.30. The van der Waals surface area contributed by atoms with Crippen LogP contribution in [0.2, 0.25) is 0 Å². The summed E-state index contributed by atoms with van der Waals surface area (Å²) in [7, 11) is 0. The maximum absolute atomic E-state index is 5.99. The molecule has 0 spiro atoms. The molecule has 0 aliphatic heterocycles. The van der Waals surface area contributed by atoms with Crippen molar-refractivity contribution in [3.63, 3.8) is 0 Å². The fourth-order valence-corrected chi connectivity index (χ4v) is 2.58. The van der Waals surface area contributed by atoms with E-state index >= 15 is 0 Å². The van der Waals surface area contributed by atoms with Crippen LogP contribution in [0, 0.1) is 6.92 Å². The Labute approximate surface area is 115 Å². The molecule has 0 unspecified atom stereocenters. The minimum absolute atomic E-state index is 0.452. The Bertz CT molecular complexity index is 425. The maximum atomic E-state index is 5.99. The van der Waals surface area contributed by atoms with Crippen molar-refractivity contribution in [2.75, 3.05) is 0 Å². The van der Waals surface area contributed by atoms with Crippen molar-refractivity contribution in [2.45, 2.75) is 51.7 Å². The van der Waals surface area contributed by atoms with Gasteiger partial charge in [0.25, 0.3) is 0 Å². The van der Waals surface area contributed by atoms with E-state index in [1.54, 1.807) is 0 Å². The van der Waals surface area contributed by atoms with Gasteiger partial charge in [0.05, 0.1) is 12.7 Å². The third kappa shape index (κ3) is 3.53. The minimum atomic E-state index is 0.452. The lowest BCUT2D eigenvalue weighted by molar-refractivity contribution is 0.0166. The summed E-state index contributed by atoms with van der Waals surface area (Å²) in [6.45, 7) is 2.79. The molecule has 2 rings (SSSR count). The summed E-state index contributed by atoms with van der Waals surface area (Å²) in [5.41, 5.74) is 9.00. The molecule has 3 heteroatoms. The van der Waals surface area contributed by atoms with Gasteiger partial charge in [0, 0.05) is 5.56 Å². The molecule has 0 aromatic heterocycles. The van der Waals surface area contributed by atoms with Crippen LogP contribution in [0.25, 0.3) is 0 Å². The van der Waals surface area contributed by atoms with Gasteiger partial charge >= 0.3 is 0 Å². The summed E-state index contributed by atoms with van der Waals surface area (Å²) in [5.74, 6) is 0. The first kappa shape index (κ1) is 13.5. The zero-order chi connectivity index (χ0) is 13.0. The molecule has 1 fully saturated rings. The molecule has 1 aromatic rings. The highest BCUT2D eigenvalue weighted by Gasteiger charge is 2.14. The molecule has 0 radical (unpaired) electrons. The van der Waals surface area contributed by atoms with Crippen LogP contribution in [0.3, 0.4) is 0 Å². The molecule has 0 amide bonds. The lowest BCUT2D eigenvalue weighted by Gasteiger charge is -2.22. The maximum Gasteiger partial charge on any atom is 0.103 e. The van der Waals surface area contributed by atoms with E-state index in [1.165, 1.54) is 43.2 Å². The summed E-state index contributed by atoms with van der Waals surface area (Å²) < 4.78 is 5.99. The number of hydrogen-bond acceptors (Lipinski definition) is 2. The highest BCUT2D eigenvalue weighted by atomic mass is 32.1. The lowest BCUT2D eigenvalue weighted by atomic mass is 9.97. The van der Waals surface area contributed by atoms with Gasteiger partial charge in [0.1, 0.15) is 4.99 Å². The molecule has 0 saturated heterocycles. The van der Waals surface area contributed by atoms with E-state index < -0.39 is 0 Å². The Balaban J connectivity index is 1.94. The molecule has 1 aromatic carbocycles. The number of nitrogens with two attached hydrogens (primary N) is 1. The largest absolute Gasteiger partial charge is 0.389 e. The van der Waals surface area contributed by atoms with E-state index in [4.69, 9.17) is 22.7 Å². The molecule has 2 N–H and O–H groups in total. The van der Waals surface area contributed by atoms with Crippen molar-refractivity contribution in [3.05, 3.63) is 34.9 Å². The summed E-state index contributed by atoms with van der Waals surface area (Å²) in [4.78, 5) is 0.456. The van der Waals surface area contributed by atoms with Gasteiger partial charge in [0.2, 0.25) is 0 Å². The first-order valence-corrected chi connectivity index (χ1v) is 7.08. The average Bonchev–Trinajstić information content (AvgIpc) is 2.38. The van der Waals surface area contributed by atoms with Gasteiger partial charge in [-0.3, -0.25) is 0 Å². The topological polar surface area (TPSA) is 35.2 Å². The Morgan fingerprint density at radius 3 is 2.67 bits per heavy atom. The van der Waals surface area contributed by atoms with Gasteiger partial charge in [-0.1, -0.05) is 43.6 Å². The second-order valence-electron chi connectivity index (χ2n) is 5.08. The van der Waals surface area contributed by atoms with Crippen molar-refractivity contribution in [1.29, 1.82) is 0 Å². The van der Waals surface area contributed by atoms with Gasteiger partial charge in [-0.05, 0) is 37.0 Å². The first-order chi connectivity index (χ1) is 8.66. The van der Waals surface area contributed by atoms with Crippen molar-refractivity contribution in [2.24, 2.45) is 5.73 Å². The summed E-state index contributed by atoms with van der Waals surface area (Å²) in [6, 6.07) is 6.10. The van der Waals surface area contributed by atoms with E-state index in [2.05, 4.69) is 13.0 Å². The molecule has 1 saturated carbocycles. The van der Waals surface area contributed by atoms with Gasteiger partial charge in [-0.2, -0.15) is 0 Å². The molecular formula is C15H21NOS. The summed E-state index contributed by atoms with van der Waals surface area (Å²) >= 11 is 4.98. The quantitative estimate of drug-likeness (QED) is 0.845. The molecule has 1 aliphatic rings. The van der Waals surface area contributed by atoms with Crippen molar-refractivity contribution >= 4 is 17.2 Å². The standard InChI is InChI=1S/C15H21NOS/c1-11-9-12(15(16)18)7-8-13(11)10-17-14-5-3-2-4-6-14/h7-9,14H,2-6,10H2,1H3,(H2,16,18). The fourth-order valence-electron chi connectivity index (χ4n) is 2.45. The number of hydrogen-bond donors (Lipinski definition) is 1. The van der Waals surface area contributed by atoms with Gasteiger partial charge < -0.3 is 10.5 Å². The van der Waals surface area contributed by atoms with E-state index in [-0.39, 0.29) is 0 Å². The molecule has 0 atom stereocenters. The predicted molar refractivity (Wildman–Crippen MR) is 78.7 cm³/mol. The third-order valence-electron chi connectivity index (χ3n) is 3.65.